The number of rotatable bonds is 4. The average molecular weight is 252 g/mol. The van der Waals surface area contributed by atoms with Gasteiger partial charge in [-0.25, -0.2) is 0 Å². The fourth-order valence-electron chi connectivity index (χ4n) is 1.54. The van der Waals surface area contributed by atoms with Crippen LogP contribution in [-0.2, 0) is 4.79 Å². The van der Waals surface area contributed by atoms with E-state index in [1.54, 1.807) is 24.3 Å². The van der Waals surface area contributed by atoms with E-state index in [2.05, 4.69) is 10.3 Å². The molecule has 0 saturated carbocycles. The minimum atomic E-state index is -0.386. The summed E-state index contributed by atoms with van der Waals surface area (Å²) in [6.07, 6.45) is 0.601. The highest BCUT2D eigenvalue weighted by Gasteiger charge is 2.11. The Morgan fingerprint density at radius 2 is 2.35 bits per heavy atom. The molecule has 0 fully saturated rings. The van der Waals surface area contributed by atoms with Crippen molar-refractivity contribution < 1.29 is 13.5 Å². The van der Waals surface area contributed by atoms with Crippen molar-refractivity contribution >= 4 is 35.2 Å². The maximum absolute atomic E-state index is 12.6. The standard InChI is InChI=1S/C11H9FN2O2S/c12-17-9-3-1-2-7-6-8(14-10(7)9)11(16)13-4-5-15/h1-3,5-6,14H,4H2,(H,13,16). The first-order valence-electron chi connectivity index (χ1n) is 4.88. The van der Waals surface area contributed by atoms with Gasteiger partial charge in [-0.15, -0.1) is 0 Å². The fraction of sp³-hybridized carbons (Fsp3) is 0.0909. The van der Waals surface area contributed by atoms with Crippen LogP contribution in [0.5, 0.6) is 0 Å². The molecule has 0 aliphatic carbocycles. The van der Waals surface area contributed by atoms with E-state index in [1.807, 2.05) is 0 Å². The molecule has 0 saturated heterocycles. The van der Waals surface area contributed by atoms with Crippen LogP contribution in [-0.4, -0.2) is 23.7 Å². The Labute approximate surface area is 101 Å². The van der Waals surface area contributed by atoms with Crippen molar-refractivity contribution in [1.82, 2.24) is 10.3 Å². The van der Waals surface area contributed by atoms with Gasteiger partial charge in [-0.3, -0.25) is 4.79 Å². The van der Waals surface area contributed by atoms with Gasteiger partial charge < -0.3 is 15.1 Å². The normalized spacial score (nSPS) is 10.4. The number of hydrogen-bond donors (Lipinski definition) is 2. The summed E-state index contributed by atoms with van der Waals surface area (Å²) in [7, 11) is 0. The predicted molar refractivity (Wildman–Crippen MR) is 63.7 cm³/mol. The zero-order chi connectivity index (χ0) is 12.3. The first-order chi connectivity index (χ1) is 8.26. The van der Waals surface area contributed by atoms with Gasteiger partial charge in [0.15, 0.2) is 0 Å². The van der Waals surface area contributed by atoms with Crippen molar-refractivity contribution in [1.29, 1.82) is 0 Å². The van der Waals surface area contributed by atoms with Crippen LogP contribution in [0.25, 0.3) is 10.9 Å². The quantitative estimate of drug-likeness (QED) is 0.819. The number of para-hydroxylation sites is 1. The van der Waals surface area contributed by atoms with Crippen LogP contribution in [0.1, 0.15) is 10.5 Å². The van der Waals surface area contributed by atoms with Crippen molar-refractivity contribution in [2.24, 2.45) is 0 Å². The van der Waals surface area contributed by atoms with E-state index in [4.69, 9.17) is 0 Å². The molecule has 17 heavy (non-hydrogen) atoms. The maximum atomic E-state index is 12.6. The van der Waals surface area contributed by atoms with Gasteiger partial charge >= 0.3 is 0 Å². The molecule has 0 aliphatic rings. The molecule has 2 N–H and O–H groups in total. The van der Waals surface area contributed by atoms with Gasteiger partial charge in [-0.1, -0.05) is 12.1 Å². The molecule has 0 atom stereocenters. The van der Waals surface area contributed by atoms with E-state index in [9.17, 15) is 13.5 Å². The van der Waals surface area contributed by atoms with Crippen LogP contribution >= 0.6 is 12.1 Å². The van der Waals surface area contributed by atoms with E-state index in [-0.39, 0.29) is 24.6 Å². The number of amides is 1. The van der Waals surface area contributed by atoms with E-state index in [1.165, 1.54) is 0 Å². The van der Waals surface area contributed by atoms with Crippen LogP contribution in [0.4, 0.5) is 3.89 Å². The molecule has 0 bridgehead atoms. The molecule has 6 heteroatoms. The molecule has 88 valence electrons. The number of fused-ring (bicyclic) bond motifs is 1. The minimum absolute atomic E-state index is 0.0427. The number of benzene rings is 1. The van der Waals surface area contributed by atoms with Gasteiger partial charge in [0.1, 0.15) is 12.0 Å². The summed E-state index contributed by atoms with van der Waals surface area (Å²) in [6.45, 7) is -0.0427. The zero-order valence-corrected chi connectivity index (χ0v) is 9.51. The third-order valence-corrected chi connectivity index (χ3v) is 2.80. The lowest BCUT2D eigenvalue weighted by molar-refractivity contribution is -0.107. The second-order valence-electron chi connectivity index (χ2n) is 3.36. The Bertz CT molecular complexity index is 568. The lowest BCUT2D eigenvalue weighted by Gasteiger charge is -1.97. The number of carbonyl (C=O) groups is 2. The van der Waals surface area contributed by atoms with E-state index < -0.39 is 0 Å². The molecular weight excluding hydrogens is 243 g/mol. The van der Waals surface area contributed by atoms with Crippen molar-refractivity contribution in [3.8, 4) is 0 Å². The second kappa shape index (κ2) is 5.01. The molecule has 1 aromatic carbocycles. The number of carbonyl (C=O) groups excluding carboxylic acids is 2. The number of aldehydes is 1. The first kappa shape index (κ1) is 11.7. The summed E-state index contributed by atoms with van der Waals surface area (Å²) in [4.78, 5) is 25.0. The van der Waals surface area contributed by atoms with Gasteiger partial charge in [0, 0.05) is 5.39 Å². The largest absolute Gasteiger partial charge is 0.350 e. The van der Waals surface area contributed by atoms with Crippen LogP contribution in [0.3, 0.4) is 0 Å². The van der Waals surface area contributed by atoms with E-state index in [0.717, 1.165) is 5.39 Å². The average Bonchev–Trinajstić information content (AvgIpc) is 2.79. The number of nitrogens with one attached hydrogen (secondary N) is 2. The minimum Gasteiger partial charge on any atom is -0.350 e. The Morgan fingerprint density at radius 1 is 1.53 bits per heavy atom. The predicted octanol–water partition coefficient (Wildman–Crippen LogP) is 2.07. The molecule has 0 spiro atoms. The van der Waals surface area contributed by atoms with E-state index >= 15 is 0 Å². The highest BCUT2D eigenvalue weighted by atomic mass is 32.2. The van der Waals surface area contributed by atoms with Crippen LogP contribution in [0.15, 0.2) is 29.2 Å². The summed E-state index contributed by atoms with van der Waals surface area (Å²) in [5.74, 6) is -0.386. The number of H-pyrrole nitrogens is 1. The molecule has 1 amide bonds. The first-order valence-corrected chi connectivity index (χ1v) is 5.60. The third kappa shape index (κ3) is 2.31. The summed E-state index contributed by atoms with van der Waals surface area (Å²) in [5.41, 5.74) is 0.889. The lowest BCUT2D eigenvalue weighted by atomic mass is 10.2. The topological polar surface area (TPSA) is 62.0 Å². The Balaban J connectivity index is 2.37. The summed E-state index contributed by atoms with van der Waals surface area (Å²) in [6, 6.07) is 6.74. The maximum Gasteiger partial charge on any atom is 0.268 e. The lowest BCUT2D eigenvalue weighted by Crippen LogP contribution is -2.25. The molecular formula is C11H9FN2O2S. The monoisotopic (exact) mass is 252 g/mol. The smallest absolute Gasteiger partial charge is 0.268 e. The van der Waals surface area contributed by atoms with Gasteiger partial charge in [0.25, 0.3) is 5.91 Å². The molecule has 0 unspecified atom stereocenters. The summed E-state index contributed by atoms with van der Waals surface area (Å²) >= 11 is 0.122. The van der Waals surface area contributed by atoms with Crippen LogP contribution < -0.4 is 5.32 Å². The second-order valence-corrected chi connectivity index (χ2v) is 3.95. The molecule has 2 rings (SSSR count). The number of aromatic amines is 1. The third-order valence-electron chi connectivity index (χ3n) is 2.29. The fourth-order valence-corrected chi connectivity index (χ4v) is 1.92. The Kier molecular flexibility index (Phi) is 3.43. The number of aromatic nitrogens is 1. The molecule has 4 nitrogen and oxygen atoms in total. The van der Waals surface area contributed by atoms with Gasteiger partial charge in [0.05, 0.1) is 29.1 Å². The molecule has 1 heterocycles. The molecule has 2 aromatic rings. The number of hydrogen-bond acceptors (Lipinski definition) is 3. The van der Waals surface area contributed by atoms with Crippen LogP contribution in [0, 0.1) is 0 Å². The zero-order valence-electron chi connectivity index (χ0n) is 8.70. The molecule has 0 radical (unpaired) electrons. The highest BCUT2D eigenvalue weighted by molar-refractivity contribution is 7.94. The van der Waals surface area contributed by atoms with Gasteiger partial charge in [-0.05, 0) is 12.1 Å². The van der Waals surface area contributed by atoms with Crippen LogP contribution in [0.2, 0.25) is 0 Å². The highest BCUT2D eigenvalue weighted by Crippen LogP contribution is 2.28. The Hall–Kier alpha value is -1.82. The van der Waals surface area contributed by atoms with Crippen molar-refractivity contribution in [3.05, 3.63) is 30.0 Å². The Morgan fingerprint density at radius 3 is 3.06 bits per heavy atom. The van der Waals surface area contributed by atoms with Crippen molar-refractivity contribution in [2.45, 2.75) is 4.90 Å². The summed E-state index contributed by atoms with van der Waals surface area (Å²) in [5, 5.41) is 3.16. The SMILES string of the molecule is O=CCNC(=O)c1cc2cccc(SF)c2[nH]1. The number of halogens is 1. The molecule has 1 aromatic heterocycles. The van der Waals surface area contributed by atoms with Gasteiger partial charge in [0.2, 0.25) is 0 Å². The van der Waals surface area contributed by atoms with Crippen molar-refractivity contribution in [2.75, 3.05) is 6.54 Å². The van der Waals surface area contributed by atoms with E-state index in [0.29, 0.717) is 22.4 Å². The summed E-state index contributed by atoms with van der Waals surface area (Å²) < 4.78 is 12.6. The van der Waals surface area contributed by atoms with Crippen molar-refractivity contribution in [3.63, 3.8) is 0 Å². The molecule has 0 aliphatic heterocycles. The van der Waals surface area contributed by atoms with Gasteiger partial charge in [-0.2, -0.15) is 3.89 Å².